The third-order valence-corrected chi connectivity index (χ3v) is 5.75. The highest BCUT2D eigenvalue weighted by Gasteiger charge is 2.30. The molecular formula is C19H20N2O6S. The van der Waals surface area contributed by atoms with Gasteiger partial charge in [-0.3, -0.25) is 4.79 Å². The van der Waals surface area contributed by atoms with E-state index < -0.39 is 28.0 Å². The molecule has 1 atom stereocenters. The average molecular weight is 404 g/mol. The molecule has 3 rings (SSSR count). The van der Waals surface area contributed by atoms with Crippen molar-refractivity contribution in [2.24, 2.45) is 0 Å². The molecule has 2 N–H and O–H groups in total. The number of ether oxygens (including phenoxy) is 2. The number of sulfonamides is 1. The van der Waals surface area contributed by atoms with Gasteiger partial charge in [-0.05, 0) is 35.9 Å². The predicted molar refractivity (Wildman–Crippen MR) is 101 cm³/mol. The number of benzene rings is 2. The number of esters is 1. The zero-order valence-corrected chi connectivity index (χ0v) is 16.0. The molecule has 0 fully saturated rings. The van der Waals surface area contributed by atoms with E-state index in [1.807, 2.05) is 0 Å². The fourth-order valence-corrected chi connectivity index (χ4v) is 3.83. The monoisotopic (exact) mass is 404 g/mol. The van der Waals surface area contributed by atoms with E-state index in [9.17, 15) is 18.0 Å². The minimum atomic E-state index is -3.70. The number of hydrogen-bond donors (Lipinski definition) is 2. The van der Waals surface area contributed by atoms with Crippen LogP contribution in [-0.2, 0) is 26.0 Å². The average Bonchev–Trinajstić information content (AvgIpc) is 2.71. The number of amides is 1. The molecule has 0 bridgehead atoms. The number of hydrogen-bond acceptors (Lipinski definition) is 6. The molecule has 0 saturated carbocycles. The van der Waals surface area contributed by atoms with Crippen molar-refractivity contribution in [1.82, 2.24) is 10.0 Å². The second kappa shape index (κ2) is 8.41. The van der Waals surface area contributed by atoms with Crippen LogP contribution in [0.15, 0.2) is 53.4 Å². The summed E-state index contributed by atoms with van der Waals surface area (Å²) in [4.78, 5) is 24.3. The second-order valence-electron chi connectivity index (χ2n) is 6.12. The molecular weight excluding hydrogens is 384 g/mol. The smallest absolute Gasteiger partial charge is 0.339 e. The van der Waals surface area contributed by atoms with Gasteiger partial charge in [0.25, 0.3) is 5.91 Å². The third-order valence-electron chi connectivity index (χ3n) is 4.27. The molecule has 0 radical (unpaired) electrons. The van der Waals surface area contributed by atoms with Crippen molar-refractivity contribution in [3.05, 3.63) is 59.7 Å². The number of cyclic esters (lactones) is 1. The Kier molecular flexibility index (Phi) is 5.96. The predicted octanol–water partition coefficient (Wildman–Crippen LogP) is 0.871. The van der Waals surface area contributed by atoms with Gasteiger partial charge in [-0.25, -0.2) is 17.9 Å². The van der Waals surface area contributed by atoms with Crippen LogP contribution in [0, 0.1) is 0 Å². The lowest BCUT2D eigenvalue weighted by molar-refractivity contribution is -0.130. The first-order chi connectivity index (χ1) is 13.4. The lowest BCUT2D eigenvalue weighted by atomic mass is 9.98. The zero-order valence-electron chi connectivity index (χ0n) is 15.2. The normalized spacial score (nSPS) is 16.0. The number of carbonyl (C=O) groups is 2. The van der Waals surface area contributed by atoms with Gasteiger partial charge >= 0.3 is 5.97 Å². The topological polar surface area (TPSA) is 111 Å². The van der Waals surface area contributed by atoms with E-state index in [-0.39, 0.29) is 24.4 Å². The Balaban J connectivity index is 1.50. The lowest BCUT2D eigenvalue weighted by Crippen LogP contribution is -2.44. The van der Waals surface area contributed by atoms with E-state index >= 15 is 0 Å². The van der Waals surface area contributed by atoms with Crippen LogP contribution in [0.25, 0.3) is 0 Å². The Labute approximate surface area is 162 Å². The Morgan fingerprint density at radius 2 is 1.86 bits per heavy atom. The van der Waals surface area contributed by atoms with Gasteiger partial charge in [0.2, 0.25) is 10.0 Å². The summed E-state index contributed by atoms with van der Waals surface area (Å²) in [6.07, 6.45) is -0.647. The maximum absolute atomic E-state index is 12.2. The Hall–Kier alpha value is -2.91. The summed E-state index contributed by atoms with van der Waals surface area (Å²) in [6.45, 7) is 0.0568. The Bertz CT molecular complexity index is 972. The van der Waals surface area contributed by atoms with Crippen molar-refractivity contribution in [3.63, 3.8) is 0 Å². The number of nitrogens with one attached hydrogen (secondary N) is 2. The van der Waals surface area contributed by atoms with Gasteiger partial charge in [0, 0.05) is 19.5 Å². The fourth-order valence-electron chi connectivity index (χ4n) is 2.80. The molecule has 0 saturated heterocycles. The molecule has 0 unspecified atom stereocenters. The van der Waals surface area contributed by atoms with Crippen LogP contribution in [0.2, 0.25) is 0 Å². The van der Waals surface area contributed by atoms with Crippen LogP contribution in [0.1, 0.15) is 15.9 Å². The number of rotatable bonds is 7. The molecule has 2 aromatic carbocycles. The van der Waals surface area contributed by atoms with Gasteiger partial charge in [-0.2, -0.15) is 0 Å². The molecule has 0 spiro atoms. The van der Waals surface area contributed by atoms with Gasteiger partial charge in [0.15, 0.2) is 6.10 Å². The molecule has 28 heavy (non-hydrogen) atoms. The summed E-state index contributed by atoms with van der Waals surface area (Å²) in [7, 11) is -2.21. The molecule has 1 aliphatic heterocycles. The molecule has 2 aromatic rings. The van der Waals surface area contributed by atoms with Crippen LogP contribution in [0.5, 0.6) is 5.75 Å². The van der Waals surface area contributed by atoms with E-state index in [0.29, 0.717) is 11.3 Å². The van der Waals surface area contributed by atoms with E-state index in [1.165, 1.54) is 19.2 Å². The maximum Gasteiger partial charge on any atom is 0.339 e. The summed E-state index contributed by atoms with van der Waals surface area (Å²) < 4.78 is 37.0. The highest BCUT2D eigenvalue weighted by Crippen LogP contribution is 2.20. The highest BCUT2D eigenvalue weighted by atomic mass is 32.2. The van der Waals surface area contributed by atoms with Crippen molar-refractivity contribution in [1.29, 1.82) is 0 Å². The lowest BCUT2D eigenvalue weighted by Gasteiger charge is -2.23. The summed E-state index contributed by atoms with van der Waals surface area (Å²) in [5, 5.41) is 2.58. The second-order valence-corrected chi connectivity index (χ2v) is 7.89. The van der Waals surface area contributed by atoms with Crippen LogP contribution in [0.3, 0.4) is 0 Å². The fraction of sp³-hybridized carbons (Fsp3) is 0.263. The van der Waals surface area contributed by atoms with Gasteiger partial charge in [-0.15, -0.1) is 0 Å². The molecule has 0 aliphatic carbocycles. The minimum absolute atomic E-state index is 0.00262. The minimum Gasteiger partial charge on any atom is -0.497 e. The van der Waals surface area contributed by atoms with E-state index in [4.69, 9.17) is 9.47 Å². The van der Waals surface area contributed by atoms with Gasteiger partial charge in [-0.1, -0.05) is 18.2 Å². The molecule has 1 aliphatic rings. The van der Waals surface area contributed by atoms with Crippen LogP contribution < -0.4 is 14.8 Å². The largest absolute Gasteiger partial charge is 0.497 e. The van der Waals surface area contributed by atoms with Crippen LogP contribution in [-0.4, -0.2) is 46.6 Å². The summed E-state index contributed by atoms with van der Waals surface area (Å²) in [5.41, 5.74) is 1.21. The number of fused-ring (bicyclic) bond motifs is 1. The van der Waals surface area contributed by atoms with Gasteiger partial charge in [0.1, 0.15) is 5.75 Å². The third kappa shape index (κ3) is 4.49. The molecule has 1 amide bonds. The quantitative estimate of drug-likeness (QED) is 0.523. The van der Waals surface area contributed by atoms with Gasteiger partial charge in [0.05, 0.1) is 17.6 Å². The molecule has 9 heteroatoms. The van der Waals surface area contributed by atoms with Crippen molar-refractivity contribution >= 4 is 21.9 Å². The molecule has 148 valence electrons. The standard InChI is InChI=1S/C19H20N2O6S/c1-26-14-6-8-15(9-7-14)28(24,25)21-11-10-20-18(22)17-12-13-4-2-3-5-16(13)19(23)27-17/h2-9,17,21H,10-12H2,1H3,(H,20,22)/t17-/m0/s1. The van der Waals surface area contributed by atoms with Crippen LogP contribution >= 0.6 is 0 Å². The summed E-state index contributed by atoms with van der Waals surface area (Å²) >= 11 is 0. The van der Waals surface area contributed by atoms with E-state index in [2.05, 4.69) is 10.0 Å². The van der Waals surface area contributed by atoms with Crippen molar-refractivity contribution in [2.45, 2.75) is 17.4 Å². The summed E-state index contributed by atoms with van der Waals surface area (Å²) in [5.74, 6) is -0.455. The van der Waals surface area contributed by atoms with Crippen molar-refractivity contribution in [3.8, 4) is 5.75 Å². The van der Waals surface area contributed by atoms with E-state index in [0.717, 1.165) is 5.56 Å². The number of methoxy groups -OCH3 is 1. The summed E-state index contributed by atoms with van der Waals surface area (Å²) in [6, 6.07) is 12.9. The first-order valence-corrected chi connectivity index (χ1v) is 10.1. The van der Waals surface area contributed by atoms with E-state index in [1.54, 1.807) is 36.4 Å². The van der Waals surface area contributed by atoms with Crippen molar-refractivity contribution < 1.29 is 27.5 Å². The maximum atomic E-state index is 12.2. The van der Waals surface area contributed by atoms with Gasteiger partial charge < -0.3 is 14.8 Å². The first-order valence-electron chi connectivity index (χ1n) is 8.61. The Morgan fingerprint density at radius 3 is 2.57 bits per heavy atom. The highest BCUT2D eigenvalue weighted by molar-refractivity contribution is 7.89. The first kappa shape index (κ1) is 19.8. The zero-order chi connectivity index (χ0) is 20.1. The number of carbonyl (C=O) groups excluding carboxylic acids is 2. The SMILES string of the molecule is COc1ccc(S(=O)(=O)NCCNC(=O)[C@@H]2Cc3ccccc3C(=O)O2)cc1. The van der Waals surface area contributed by atoms with Crippen molar-refractivity contribution in [2.75, 3.05) is 20.2 Å². The molecule has 8 nitrogen and oxygen atoms in total. The molecule has 0 aromatic heterocycles. The van der Waals surface area contributed by atoms with Crippen LogP contribution in [0.4, 0.5) is 0 Å². The Morgan fingerprint density at radius 1 is 1.14 bits per heavy atom. The molecule has 1 heterocycles.